The summed E-state index contributed by atoms with van der Waals surface area (Å²) in [7, 11) is 1.66. The lowest BCUT2D eigenvalue weighted by Crippen LogP contribution is -2.32. The van der Waals surface area contributed by atoms with Gasteiger partial charge in [-0.05, 0) is 80.6 Å². The molecule has 36 heavy (non-hydrogen) atoms. The monoisotopic (exact) mass is 499 g/mol. The molecule has 0 bridgehead atoms. The normalized spacial score (nSPS) is 15.3. The number of hydrogen-bond acceptors (Lipinski definition) is 5. The predicted octanol–water partition coefficient (Wildman–Crippen LogP) is 6.78. The second-order valence-corrected chi connectivity index (χ2v) is 10.2. The van der Waals surface area contributed by atoms with Gasteiger partial charge in [-0.3, -0.25) is 4.79 Å². The molecule has 1 atom stereocenters. The van der Waals surface area contributed by atoms with E-state index in [2.05, 4.69) is 43.5 Å². The van der Waals surface area contributed by atoms with Gasteiger partial charge in [-0.1, -0.05) is 59.8 Å². The van der Waals surface area contributed by atoms with Gasteiger partial charge in [0.15, 0.2) is 5.17 Å². The molecule has 3 aromatic rings. The number of benzene rings is 3. The van der Waals surface area contributed by atoms with Gasteiger partial charge in [0, 0.05) is 17.1 Å². The minimum Gasteiger partial charge on any atom is -0.496 e. The van der Waals surface area contributed by atoms with E-state index in [0.29, 0.717) is 5.57 Å². The summed E-state index contributed by atoms with van der Waals surface area (Å²) in [5, 5.41) is 7.22. The number of methoxy groups -OCH3 is 1. The lowest BCUT2D eigenvalue weighted by Gasteiger charge is -2.27. The zero-order chi connectivity index (χ0) is 25.8. The number of nitrogens with zero attached hydrogens (tertiary/aromatic N) is 1. The Morgan fingerprint density at radius 2 is 1.67 bits per heavy atom. The van der Waals surface area contributed by atoms with Crippen LogP contribution in [0.4, 0.5) is 5.69 Å². The van der Waals surface area contributed by atoms with E-state index < -0.39 is 6.04 Å². The molecule has 0 saturated heterocycles. The zero-order valence-electron chi connectivity index (χ0n) is 21.7. The van der Waals surface area contributed by atoms with E-state index in [0.717, 1.165) is 39.2 Å². The molecular formula is C30H33N3O2S. The van der Waals surface area contributed by atoms with E-state index in [1.54, 1.807) is 18.9 Å². The maximum atomic E-state index is 13.5. The van der Waals surface area contributed by atoms with Crippen molar-refractivity contribution in [2.75, 3.05) is 12.4 Å². The number of carbonyl (C=O) groups is 1. The Hall–Kier alpha value is -3.51. The Morgan fingerprint density at radius 3 is 2.33 bits per heavy atom. The average Bonchev–Trinajstić information content (AvgIpc) is 2.84. The second kappa shape index (κ2) is 11.0. The molecule has 1 heterocycles. The van der Waals surface area contributed by atoms with Crippen LogP contribution in [0, 0.1) is 27.7 Å². The van der Waals surface area contributed by atoms with Gasteiger partial charge in [0.1, 0.15) is 11.8 Å². The summed E-state index contributed by atoms with van der Waals surface area (Å²) in [6.07, 6.45) is 0. The first-order valence-corrected chi connectivity index (χ1v) is 13.0. The smallest absolute Gasteiger partial charge is 0.255 e. The largest absolute Gasteiger partial charge is 0.496 e. The molecule has 3 aromatic carbocycles. The number of amides is 1. The van der Waals surface area contributed by atoms with Crippen LogP contribution in [0.1, 0.15) is 46.3 Å². The van der Waals surface area contributed by atoms with Crippen LogP contribution in [-0.4, -0.2) is 18.2 Å². The van der Waals surface area contributed by atoms with Gasteiger partial charge in [0.25, 0.3) is 5.91 Å². The molecule has 0 saturated carbocycles. The summed E-state index contributed by atoms with van der Waals surface area (Å²) >= 11 is 1.66. The van der Waals surface area contributed by atoms with Crippen LogP contribution in [0.25, 0.3) is 0 Å². The van der Waals surface area contributed by atoms with Crippen molar-refractivity contribution in [2.45, 2.75) is 46.4 Å². The number of hydrogen-bond donors (Lipinski definition) is 2. The van der Waals surface area contributed by atoms with Gasteiger partial charge < -0.3 is 15.4 Å². The van der Waals surface area contributed by atoms with Crippen molar-refractivity contribution in [1.29, 1.82) is 0 Å². The topological polar surface area (TPSA) is 62.7 Å². The third-order valence-corrected chi connectivity index (χ3v) is 7.35. The Kier molecular flexibility index (Phi) is 7.85. The number of rotatable bonds is 6. The van der Waals surface area contributed by atoms with Crippen LogP contribution >= 0.6 is 11.8 Å². The van der Waals surface area contributed by atoms with Gasteiger partial charge >= 0.3 is 0 Å². The molecule has 0 aromatic heterocycles. The first kappa shape index (κ1) is 25.6. The van der Waals surface area contributed by atoms with E-state index in [1.165, 1.54) is 22.3 Å². The summed E-state index contributed by atoms with van der Waals surface area (Å²) in [5.41, 5.74) is 9.24. The van der Waals surface area contributed by atoms with Crippen LogP contribution in [0.2, 0.25) is 0 Å². The number of aliphatic imine (C=N–C) groups is 1. The highest BCUT2D eigenvalue weighted by atomic mass is 32.2. The fourth-order valence-corrected chi connectivity index (χ4v) is 5.70. The second-order valence-electron chi connectivity index (χ2n) is 9.22. The molecule has 0 spiro atoms. The number of ether oxygens (including phenoxy) is 1. The van der Waals surface area contributed by atoms with Crippen LogP contribution in [0.3, 0.4) is 0 Å². The SMILES string of the molecule is COc1cc([C@H]2N=C(SCc3c(C)cc(C)cc3C)NC(C)=C2C(=O)Nc2ccccc2)ccc1C. The fraction of sp³-hybridized carbons (Fsp3) is 0.267. The number of anilines is 1. The Morgan fingerprint density at radius 1 is 0.972 bits per heavy atom. The van der Waals surface area contributed by atoms with Crippen LogP contribution in [0.15, 0.2) is 76.9 Å². The van der Waals surface area contributed by atoms with Crippen molar-refractivity contribution in [3.63, 3.8) is 0 Å². The zero-order valence-corrected chi connectivity index (χ0v) is 22.5. The molecule has 0 unspecified atom stereocenters. The minimum atomic E-state index is -0.452. The van der Waals surface area contributed by atoms with E-state index >= 15 is 0 Å². The number of carbonyl (C=O) groups excluding carboxylic acids is 1. The maximum absolute atomic E-state index is 13.5. The highest BCUT2D eigenvalue weighted by molar-refractivity contribution is 8.13. The predicted molar refractivity (Wildman–Crippen MR) is 151 cm³/mol. The lowest BCUT2D eigenvalue weighted by atomic mass is 9.94. The van der Waals surface area contributed by atoms with Crippen molar-refractivity contribution in [1.82, 2.24) is 5.32 Å². The van der Waals surface area contributed by atoms with Gasteiger partial charge in [-0.2, -0.15) is 0 Å². The number of aryl methyl sites for hydroxylation is 4. The molecule has 1 aliphatic rings. The standard InChI is InChI=1S/C30H33N3O2S/c1-18-14-20(3)25(21(4)15-18)17-36-30-31-22(5)27(29(34)32-24-10-8-7-9-11-24)28(33-30)23-13-12-19(2)26(16-23)35-6/h7-16,28H,17H2,1-6H3,(H,31,33)(H,32,34)/t28-/m1/s1. The van der Waals surface area contributed by atoms with E-state index in [-0.39, 0.29) is 5.91 Å². The highest BCUT2D eigenvalue weighted by Crippen LogP contribution is 2.36. The molecule has 5 nitrogen and oxygen atoms in total. The average molecular weight is 500 g/mol. The lowest BCUT2D eigenvalue weighted by molar-refractivity contribution is -0.113. The van der Waals surface area contributed by atoms with E-state index in [4.69, 9.17) is 9.73 Å². The molecule has 2 N–H and O–H groups in total. The number of allylic oxidation sites excluding steroid dienone is 1. The highest BCUT2D eigenvalue weighted by Gasteiger charge is 2.30. The summed E-state index contributed by atoms with van der Waals surface area (Å²) < 4.78 is 5.58. The van der Waals surface area contributed by atoms with Crippen molar-refractivity contribution in [2.24, 2.45) is 4.99 Å². The summed E-state index contributed by atoms with van der Waals surface area (Å²) in [5.74, 6) is 1.41. The van der Waals surface area contributed by atoms with Crippen molar-refractivity contribution in [3.8, 4) is 5.75 Å². The minimum absolute atomic E-state index is 0.172. The molecule has 6 heteroatoms. The molecule has 0 radical (unpaired) electrons. The van der Waals surface area contributed by atoms with Gasteiger partial charge in [0.05, 0.1) is 12.7 Å². The fourth-order valence-electron chi connectivity index (χ4n) is 4.56. The Labute approximate surface area is 218 Å². The number of nitrogens with one attached hydrogen (secondary N) is 2. The Bertz CT molecular complexity index is 1320. The first-order chi connectivity index (χ1) is 17.3. The Balaban J connectivity index is 1.67. The quantitative estimate of drug-likeness (QED) is 0.393. The van der Waals surface area contributed by atoms with Crippen LogP contribution in [-0.2, 0) is 10.5 Å². The van der Waals surface area contributed by atoms with Crippen LogP contribution in [0.5, 0.6) is 5.75 Å². The van der Waals surface area contributed by atoms with Gasteiger partial charge in [-0.15, -0.1) is 0 Å². The number of amidine groups is 1. The molecule has 0 fully saturated rings. The van der Waals surface area contributed by atoms with Crippen molar-refractivity contribution in [3.05, 3.63) is 105 Å². The van der Waals surface area contributed by atoms with Crippen molar-refractivity contribution >= 4 is 28.5 Å². The summed E-state index contributed by atoms with van der Waals surface area (Å²) in [4.78, 5) is 18.5. The molecule has 1 amide bonds. The molecule has 1 aliphatic heterocycles. The maximum Gasteiger partial charge on any atom is 0.255 e. The van der Waals surface area contributed by atoms with Crippen molar-refractivity contribution < 1.29 is 9.53 Å². The third-order valence-electron chi connectivity index (χ3n) is 6.44. The van der Waals surface area contributed by atoms with Gasteiger partial charge in [0.2, 0.25) is 0 Å². The van der Waals surface area contributed by atoms with E-state index in [9.17, 15) is 4.79 Å². The number of para-hydroxylation sites is 1. The molecule has 0 aliphatic carbocycles. The van der Waals surface area contributed by atoms with E-state index in [1.807, 2.05) is 62.4 Å². The van der Waals surface area contributed by atoms with Gasteiger partial charge in [-0.25, -0.2) is 4.99 Å². The summed E-state index contributed by atoms with van der Waals surface area (Å²) in [6, 6.07) is 19.5. The third kappa shape index (κ3) is 5.65. The van der Waals surface area contributed by atoms with Crippen LogP contribution < -0.4 is 15.4 Å². The molecular weight excluding hydrogens is 466 g/mol. The molecule has 4 rings (SSSR count). The number of thioether (sulfide) groups is 1. The molecule has 186 valence electrons. The first-order valence-electron chi connectivity index (χ1n) is 12.0. The summed E-state index contributed by atoms with van der Waals surface area (Å²) in [6.45, 7) is 10.4.